The Bertz CT molecular complexity index is 484. The fraction of sp³-hybridized carbons (Fsp3) is 0.533. The number of methoxy groups -OCH3 is 1. The highest BCUT2D eigenvalue weighted by molar-refractivity contribution is 6.33. The topological polar surface area (TPSA) is 47.6 Å². The first kappa shape index (κ1) is 15.1. The van der Waals surface area contributed by atoms with Crippen LogP contribution in [0.2, 0.25) is 5.02 Å². The van der Waals surface area contributed by atoms with Gasteiger partial charge in [0.15, 0.2) is 0 Å². The number of anilines is 1. The van der Waals surface area contributed by atoms with E-state index in [1.165, 1.54) is 7.11 Å². The van der Waals surface area contributed by atoms with Crippen molar-refractivity contribution in [1.82, 2.24) is 0 Å². The number of benzene rings is 1. The number of hydrogen-bond donors (Lipinski definition) is 1. The van der Waals surface area contributed by atoms with Crippen molar-refractivity contribution in [3.63, 3.8) is 0 Å². The fourth-order valence-electron chi connectivity index (χ4n) is 2.49. The maximum absolute atomic E-state index is 11.8. The molecule has 0 aliphatic carbocycles. The van der Waals surface area contributed by atoms with E-state index in [1.54, 1.807) is 12.1 Å². The van der Waals surface area contributed by atoms with Gasteiger partial charge in [0.25, 0.3) is 0 Å². The van der Waals surface area contributed by atoms with Crippen LogP contribution in [0.1, 0.15) is 35.7 Å². The molecule has 1 aromatic carbocycles. The molecule has 1 aliphatic rings. The number of esters is 1. The van der Waals surface area contributed by atoms with Crippen LogP contribution in [-0.4, -0.2) is 32.3 Å². The van der Waals surface area contributed by atoms with Crippen molar-refractivity contribution < 1.29 is 14.3 Å². The number of carbonyl (C=O) groups excluding carboxylic acids is 1. The molecule has 2 rings (SSSR count). The summed E-state index contributed by atoms with van der Waals surface area (Å²) in [6.07, 6.45) is 2.61. The van der Waals surface area contributed by atoms with Crippen molar-refractivity contribution >= 4 is 23.3 Å². The van der Waals surface area contributed by atoms with Gasteiger partial charge in [0.2, 0.25) is 0 Å². The predicted octanol–water partition coefficient (Wildman–Crippen LogP) is 3.28. The zero-order valence-electron chi connectivity index (χ0n) is 11.9. The molecule has 1 aromatic rings. The summed E-state index contributed by atoms with van der Waals surface area (Å²) in [5, 5.41) is 4.11. The zero-order chi connectivity index (χ0) is 14.5. The highest BCUT2D eigenvalue weighted by Gasteiger charge is 2.20. The molecule has 1 fully saturated rings. The zero-order valence-corrected chi connectivity index (χ0v) is 12.6. The van der Waals surface area contributed by atoms with Crippen molar-refractivity contribution in [2.75, 3.05) is 25.6 Å². The third kappa shape index (κ3) is 3.25. The molecule has 0 spiro atoms. The Kier molecular flexibility index (Phi) is 5.26. The second-order valence-electron chi connectivity index (χ2n) is 4.82. The minimum Gasteiger partial charge on any atom is -0.465 e. The fourth-order valence-corrected chi connectivity index (χ4v) is 2.72. The Morgan fingerprint density at radius 3 is 2.75 bits per heavy atom. The van der Waals surface area contributed by atoms with Crippen LogP contribution in [0.15, 0.2) is 12.1 Å². The van der Waals surface area contributed by atoms with Gasteiger partial charge in [-0.2, -0.15) is 0 Å². The van der Waals surface area contributed by atoms with E-state index in [0.29, 0.717) is 16.6 Å². The summed E-state index contributed by atoms with van der Waals surface area (Å²) in [6.45, 7) is 3.52. The van der Waals surface area contributed by atoms with E-state index in [2.05, 4.69) is 5.32 Å². The molecular formula is C15H20ClNO3. The van der Waals surface area contributed by atoms with Gasteiger partial charge in [-0.15, -0.1) is 0 Å². The summed E-state index contributed by atoms with van der Waals surface area (Å²) in [5.41, 5.74) is 2.34. The standard InChI is InChI=1S/C15H20ClNO3/c1-3-11-12(15(18)19-2)4-5-13(16)14(11)17-10-6-8-20-9-7-10/h4-5,10,17H,3,6-9H2,1-2H3. The van der Waals surface area contributed by atoms with Crippen LogP contribution in [0.3, 0.4) is 0 Å². The van der Waals surface area contributed by atoms with Gasteiger partial charge in [-0.1, -0.05) is 18.5 Å². The van der Waals surface area contributed by atoms with Crippen LogP contribution < -0.4 is 5.32 Å². The first-order valence-corrected chi connectivity index (χ1v) is 7.29. The maximum Gasteiger partial charge on any atom is 0.338 e. The van der Waals surface area contributed by atoms with Crippen molar-refractivity contribution in [1.29, 1.82) is 0 Å². The molecule has 0 unspecified atom stereocenters. The van der Waals surface area contributed by atoms with E-state index in [4.69, 9.17) is 21.1 Å². The van der Waals surface area contributed by atoms with E-state index in [9.17, 15) is 4.79 Å². The van der Waals surface area contributed by atoms with Crippen LogP contribution in [0.25, 0.3) is 0 Å². The molecule has 20 heavy (non-hydrogen) atoms. The van der Waals surface area contributed by atoms with Gasteiger partial charge in [-0.3, -0.25) is 0 Å². The third-order valence-electron chi connectivity index (χ3n) is 3.59. The minimum absolute atomic E-state index is 0.325. The molecule has 5 heteroatoms. The Labute approximate surface area is 124 Å². The van der Waals surface area contributed by atoms with E-state index in [1.807, 2.05) is 6.92 Å². The second-order valence-corrected chi connectivity index (χ2v) is 5.23. The number of nitrogens with one attached hydrogen (secondary N) is 1. The number of halogens is 1. The van der Waals surface area contributed by atoms with Crippen LogP contribution in [-0.2, 0) is 15.9 Å². The first-order chi connectivity index (χ1) is 9.67. The molecule has 0 bridgehead atoms. The molecule has 0 amide bonds. The van der Waals surface area contributed by atoms with Gasteiger partial charge in [-0.25, -0.2) is 4.79 Å². The van der Waals surface area contributed by atoms with Gasteiger partial charge in [-0.05, 0) is 37.0 Å². The van der Waals surface area contributed by atoms with Crippen molar-refractivity contribution in [2.45, 2.75) is 32.2 Å². The average Bonchev–Trinajstić information content (AvgIpc) is 2.49. The number of hydrogen-bond acceptors (Lipinski definition) is 4. The molecule has 0 radical (unpaired) electrons. The summed E-state index contributed by atoms with van der Waals surface area (Å²) in [7, 11) is 1.39. The van der Waals surface area contributed by atoms with Gasteiger partial charge in [0.1, 0.15) is 0 Å². The highest BCUT2D eigenvalue weighted by Crippen LogP contribution is 2.31. The SMILES string of the molecule is CCc1c(C(=O)OC)ccc(Cl)c1NC1CCOCC1. The lowest BCUT2D eigenvalue weighted by atomic mass is 10.0. The van der Waals surface area contributed by atoms with Gasteiger partial charge in [0, 0.05) is 19.3 Å². The maximum atomic E-state index is 11.8. The molecule has 0 aromatic heterocycles. The van der Waals surface area contributed by atoms with Crippen molar-refractivity contribution in [2.24, 2.45) is 0 Å². The lowest BCUT2D eigenvalue weighted by Crippen LogP contribution is -2.28. The van der Waals surface area contributed by atoms with E-state index < -0.39 is 0 Å². The Hall–Kier alpha value is -1.26. The highest BCUT2D eigenvalue weighted by atomic mass is 35.5. The summed E-state index contributed by atoms with van der Waals surface area (Å²) in [6, 6.07) is 3.80. The molecule has 4 nitrogen and oxygen atoms in total. The molecule has 0 atom stereocenters. The Morgan fingerprint density at radius 1 is 1.45 bits per heavy atom. The lowest BCUT2D eigenvalue weighted by molar-refractivity contribution is 0.0599. The van der Waals surface area contributed by atoms with Crippen LogP contribution in [0, 0.1) is 0 Å². The molecule has 110 valence electrons. The van der Waals surface area contributed by atoms with Crippen LogP contribution >= 0.6 is 11.6 Å². The average molecular weight is 298 g/mol. The summed E-state index contributed by atoms with van der Waals surface area (Å²) >= 11 is 6.30. The van der Waals surface area contributed by atoms with Crippen molar-refractivity contribution in [3.05, 3.63) is 28.3 Å². The summed E-state index contributed by atoms with van der Waals surface area (Å²) in [5.74, 6) is -0.325. The number of carbonyl (C=O) groups is 1. The molecule has 1 N–H and O–H groups in total. The predicted molar refractivity (Wildman–Crippen MR) is 79.6 cm³/mol. The monoisotopic (exact) mass is 297 g/mol. The third-order valence-corrected chi connectivity index (χ3v) is 3.91. The Balaban J connectivity index is 2.31. The lowest BCUT2D eigenvalue weighted by Gasteiger charge is -2.26. The normalized spacial score (nSPS) is 15.9. The van der Waals surface area contributed by atoms with Crippen molar-refractivity contribution in [3.8, 4) is 0 Å². The Morgan fingerprint density at radius 2 is 2.15 bits per heavy atom. The second kappa shape index (κ2) is 6.95. The van der Waals surface area contributed by atoms with Gasteiger partial charge < -0.3 is 14.8 Å². The van der Waals surface area contributed by atoms with E-state index >= 15 is 0 Å². The number of ether oxygens (including phenoxy) is 2. The van der Waals surface area contributed by atoms with Crippen LogP contribution in [0.5, 0.6) is 0 Å². The van der Waals surface area contributed by atoms with E-state index in [-0.39, 0.29) is 5.97 Å². The molecule has 1 aliphatic heterocycles. The van der Waals surface area contributed by atoms with E-state index in [0.717, 1.165) is 43.7 Å². The van der Waals surface area contributed by atoms with Crippen LogP contribution in [0.4, 0.5) is 5.69 Å². The summed E-state index contributed by atoms with van der Waals surface area (Å²) < 4.78 is 10.2. The van der Waals surface area contributed by atoms with Gasteiger partial charge in [0.05, 0.1) is 23.4 Å². The quantitative estimate of drug-likeness (QED) is 0.867. The smallest absolute Gasteiger partial charge is 0.338 e. The van der Waals surface area contributed by atoms with Gasteiger partial charge >= 0.3 is 5.97 Å². The molecule has 0 saturated carbocycles. The largest absolute Gasteiger partial charge is 0.465 e. The molecule has 1 heterocycles. The number of rotatable bonds is 4. The molecular weight excluding hydrogens is 278 g/mol. The molecule has 1 saturated heterocycles. The summed E-state index contributed by atoms with van der Waals surface area (Å²) in [4.78, 5) is 11.8. The minimum atomic E-state index is -0.325. The first-order valence-electron chi connectivity index (χ1n) is 6.91.